The molecule has 1 N–H and O–H groups in total. The van der Waals surface area contributed by atoms with Crippen molar-refractivity contribution in [3.05, 3.63) is 64.2 Å². The molecular weight excluding hydrogens is 376 g/mol. The van der Waals surface area contributed by atoms with E-state index in [-0.39, 0.29) is 11.6 Å². The van der Waals surface area contributed by atoms with Gasteiger partial charge in [-0.05, 0) is 32.0 Å². The van der Waals surface area contributed by atoms with Crippen LogP contribution in [0.4, 0.5) is 11.4 Å². The number of benzene rings is 2. The number of carbonyl (C=O) groups is 1. The van der Waals surface area contributed by atoms with E-state index < -0.39 is 4.92 Å². The third kappa shape index (κ3) is 6.38. The molecule has 0 atom stereocenters. The van der Waals surface area contributed by atoms with Gasteiger partial charge in [0.15, 0.2) is 0 Å². The number of hydrogen-bond donors (Lipinski definition) is 1. The molecule has 0 aliphatic heterocycles. The molecule has 2 rings (SSSR count). The third-order valence-electron chi connectivity index (χ3n) is 4.06. The molecule has 0 spiro atoms. The summed E-state index contributed by atoms with van der Waals surface area (Å²) < 4.78 is 0. The number of amides is 1. The molecule has 148 valence electrons. The number of hydrazone groups is 1. The number of nitro benzene ring substituents is 1. The second-order valence-electron chi connectivity index (χ2n) is 5.88. The fraction of sp³-hybridized carbons (Fsp3) is 0.300. The molecule has 0 aliphatic carbocycles. The van der Waals surface area contributed by atoms with Crippen molar-refractivity contribution in [3.63, 3.8) is 0 Å². The summed E-state index contributed by atoms with van der Waals surface area (Å²) in [7, 11) is 0. The number of anilines is 1. The molecule has 7 nitrogen and oxygen atoms in total. The maximum absolute atomic E-state index is 12.0. The van der Waals surface area contributed by atoms with Gasteiger partial charge in [-0.3, -0.25) is 14.9 Å². The minimum Gasteiger partial charge on any atom is -0.372 e. The van der Waals surface area contributed by atoms with Gasteiger partial charge in [0, 0.05) is 53.5 Å². The van der Waals surface area contributed by atoms with Crippen LogP contribution >= 0.6 is 11.8 Å². The van der Waals surface area contributed by atoms with Crippen molar-refractivity contribution in [1.29, 1.82) is 0 Å². The molecular formula is C20H24N4O3S. The number of non-ortho nitro benzene ring substituents is 1. The lowest BCUT2D eigenvalue weighted by Gasteiger charge is -2.22. The SMILES string of the molecule is CCN(CC)c1ccc([N+](=O)[O-])cc1/C=N\NC(=O)CCSc1ccccc1. The van der Waals surface area contributed by atoms with Crippen molar-refractivity contribution in [1.82, 2.24) is 5.43 Å². The number of thioether (sulfide) groups is 1. The van der Waals surface area contributed by atoms with Crippen molar-refractivity contribution in [2.24, 2.45) is 5.10 Å². The number of nitrogens with one attached hydrogen (secondary N) is 1. The number of nitrogens with zero attached hydrogens (tertiary/aromatic N) is 3. The van der Waals surface area contributed by atoms with Crippen LogP contribution in [0.15, 0.2) is 58.5 Å². The first-order chi connectivity index (χ1) is 13.5. The van der Waals surface area contributed by atoms with E-state index in [1.54, 1.807) is 17.8 Å². The summed E-state index contributed by atoms with van der Waals surface area (Å²) in [5.41, 5.74) is 3.92. The smallest absolute Gasteiger partial charge is 0.270 e. The molecule has 0 saturated heterocycles. The second-order valence-corrected chi connectivity index (χ2v) is 7.05. The Labute approximate surface area is 169 Å². The molecule has 0 heterocycles. The zero-order valence-electron chi connectivity index (χ0n) is 16.0. The number of carbonyl (C=O) groups excluding carboxylic acids is 1. The van der Waals surface area contributed by atoms with Gasteiger partial charge in [-0.1, -0.05) is 18.2 Å². The topological polar surface area (TPSA) is 87.8 Å². The Hall–Kier alpha value is -2.87. The molecule has 0 aliphatic rings. The fourth-order valence-corrected chi connectivity index (χ4v) is 3.49. The van der Waals surface area contributed by atoms with Crippen LogP contribution in [0, 0.1) is 10.1 Å². The molecule has 2 aromatic carbocycles. The number of nitro groups is 1. The summed E-state index contributed by atoms with van der Waals surface area (Å²) in [6, 6.07) is 14.5. The quantitative estimate of drug-likeness (QED) is 0.281. The van der Waals surface area contributed by atoms with Gasteiger partial charge in [0.2, 0.25) is 5.91 Å². The zero-order valence-corrected chi connectivity index (χ0v) is 16.8. The van der Waals surface area contributed by atoms with Crippen molar-refractivity contribution < 1.29 is 9.72 Å². The highest BCUT2D eigenvalue weighted by molar-refractivity contribution is 7.99. The highest BCUT2D eigenvalue weighted by atomic mass is 32.2. The van der Waals surface area contributed by atoms with Crippen molar-refractivity contribution in [3.8, 4) is 0 Å². The highest BCUT2D eigenvalue weighted by Crippen LogP contribution is 2.24. The summed E-state index contributed by atoms with van der Waals surface area (Å²) in [6.07, 6.45) is 1.79. The monoisotopic (exact) mass is 400 g/mol. The van der Waals surface area contributed by atoms with Gasteiger partial charge < -0.3 is 4.90 Å². The Balaban J connectivity index is 1.98. The standard InChI is InChI=1S/C20H24N4O3S/c1-3-23(4-2)19-11-10-17(24(26)27)14-16(19)15-21-22-20(25)12-13-28-18-8-6-5-7-9-18/h5-11,14-15H,3-4,12-13H2,1-2H3,(H,22,25)/b21-15-. The number of hydrogen-bond acceptors (Lipinski definition) is 6. The minimum atomic E-state index is -0.442. The van der Waals surface area contributed by atoms with Crippen LogP contribution in [-0.2, 0) is 4.79 Å². The fourth-order valence-electron chi connectivity index (χ4n) is 2.62. The lowest BCUT2D eigenvalue weighted by Crippen LogP contribution is -2.23. The van der Waals surface area contributed by atoms with Gasteiger partial charge in [-0.15, -0.1) is 11.8 Å². The first-order valence-electron chi connectivity index (χ1n) is 9.08. The van der Waals surface area contributed by atoms with E-state index in [2.05, 4.69) is 15.4 Å². The van der Waals surface area contributed by atoms with Crippen LogP contribution in [-0.4, -0.2) is 35.9 Å². The average Bonchev–Trinajstić information content (AvgIpc) is 2.70. The molecule has 0 aromatic heterocycles. The van der Waals surface area contributed by atoms with Gasteiger partial charge in [-0.2, -0.15) is 5.10 Å². The summed E-state index contributed by atoms with van der Waals surface area (Å²) in [6.45, 7) is 5.55. The van der Waals surface area contributed by atoms with Crippen LogP contribution in [0.2, 0.25) is 0 Å². The van der Waals surface area contributed by atoms with E-state index in [4.69, 9.17) is 0 Å². The van der Waals surface area contributed by atoms with Crippen LogP contribution in [0.5, 0.6) is 0 Å². The summed E-state index contributed by atoms with van der Waals surface area (Å²) in [5.74, 6) is 0.446. The predicted molar refractivity (Wildman–Crippen MR) is 114 cm³/mol. The van der Waals surface area contributed by atoms with Crippen molar-refractivity contribution in [2.45, 2.75) is 25.2 Å². The summed E-state index contributed by atoms with van der Waals surface area (Å²) in [4.78, 5) is 25.8. The zero-order chi connectivity index (χ0) is 20.4. The molecule has 0 bridgehead atoms. The Bertz CT molecular complexity index is 823. The predicted octanol–water partition coefficient (Wildman–Crippen LogP) is 4.07. The average molecular weight is 401 g/mol. The lowest BCUT2D eigenvalue weighted by atomic mass is 10.1. The number of rotatable bonds is 10. The maximum Gasteiger partial charge on any atom is 0.270 e. The second kappa shape index (κ2) is 11.1. The Morgan fingerprint density at radius 2 is 1.93 bits per heavy atom. The van der Waals surface area contributed by atoms with E-state index in [1.807, 2.05) is 44.2 Å². The Kier molecular flexibility index (Phi) is 8.48. The first-order valence-corrected chi connectivity index (χ1v) is 10.1. The molecule has 0 saturated carbocycles. The van der Waals surface area contributed by atoms with Crippen LogP contribution in [0.25, 0.3) is 0 Å². The van der Waals surface area contributed by atoms with E-state index in [0.717, 1.165) is 23.7 Å². The minimum absolute atomic E-state index is 0.0112. The maximum atomic E-state index is 12.0. The van der Waals surface area contributed by atoms with Crippen LogP contribution in [0.1, 0.15) is 25.8 Å². The summed E-state index contributed by atoms with van der Waals surface area (Å²) >= 11 is 1.60. The van der Waals surface area contributed by atoms with E-state index in [1.165, 1.54) is 18.3 Å². The lowest BCUT2D eigenvalue weighted by molar-refractivity contribution is -0.384. The van der Waals surface area contributed by atoms with Crippen LogP contribution < -0.4 is 10.3 Å². The molecule has 28 heavy (non-hydrogen) atoms. The normalized spacial score (nSPS) is 10.8. The Morgan fingerprint density at radius 1 is 1.21 bits per heavy atom. The highest BCUT2D eigenvalue weighted by Gasteiger charge is 2.13. The van der Waals surface area contributed by atoms with E-state index in [0.29, 0.717) is 17.7 Å². The molecule has 1 amide bonds. The van der Waals surface area contributed by atoms with E-state index >= 15 is 0 Å². The van der Waals surface area contributed by atoms with E-state index in [9.17, 15) is 14.9 Å². The molecule has 0 fully saturated rings. The third-order valence-corrected chi connectivity index (χ3v) is 5.07. The van der Waals surface area contributed by atoms with Crippen molar-refractivity contribution >= 4 is 35.3 Å². The Morgan fingerprint density at radius 3 is 2.57 bits per heavy atom. The largest absolute Gasteiger partial charge is 0.372 e. The van der Waals surface area contributed by atoms with Crippen molar-refractivity contribution in [2.75, 3.05) is 23.7 Å². The van der Waals surface area contributed by atoms with Gasteiger partial charge in [0.1, 0.15) is 0 Å². The van der Waals surface area contributed by atoms with Gasteiger partial charge in [-0.25, -0.2) is 5.43 Å². The molecule has 0 radical (unpaired) electrons. The van der Waals surface area contributed by atoms with Gasteiger partial charge >= 0.3 is 0 Å². The van der Waals surface area contributed by atoms with Gasteiger partial charge in [0.25, 0.3) is 5.69 Å². The molecule has 2 aromatic rings. The van der Waals surface area contributed by atoms with Crippen LogP contribution in [0.3, 0.4) is 0 Å². The molecule has 8 heteroatoms. The first kappa shape index (κ1) is 21.4. The molecule has 0 unspecified atom stereocenters. The van der Waals surface area contributed by atoms with Gasteiger partial charge in [0.05, 0.1) is 11.1 Å². The summed E-state index contributed by atoms with van der Waals surface area (Å²) in [5, 5.41) is 15.1.